The number of carbonyl (C=O) groups is 1. The molecule has 2 aliphatic carbocycles. The molecule has 1 amide bonds. The number of aromatic hydroxyl groups is 1. The van der Waals surface area contributed by atoms with Crippen molar-refractivity contribution in [3.05, 3.63) is 24.3 Å². The van der Waals surface area contributed by atoms with Gasteiger partial charge in [-0.2, -0.15) is 0 Å². The number of fused-ring (bicyclic) bond motifs is 2. The molecule has 2 N–H and O–H groups in total. The van der Waals surface area contributed by atoms with E-state index in [1.165, 1.54) is 25.7 Å². The summed E-state index contributed by atoms with van der Waals surface area (Å²) in [6, 6.07) is 6.88. The van der Waals surface area contributed by atoms with E-state index in [0.717, 1.165) is 11.8 Å². The molecular formula is C15H19NO2. The fourth-order valence-corrected chi connectivity index (χ4v) is 3.65. The number of benzene rings is 1. The summed E-state index contributed by atoms with van der Waals surface area (Å²) in [5.74, 6) is 2.38. The van der Waals surface area contributed by atoms with Crippen LogP contribution < -0.4 is 5.32 Å². The largest absolute Gasteiger partial charge is 0.506 e. The van der Waals surface area contributed by atoms with Crippen molar-refractivity contribution in [1.82, 2.24) is 0 Å². The second-order valence-electron chi connectivity index (χ2n) is 5.70. The molecule has 3 nitrogen and oxygen atoms in total. The van der Waals surface area contributed by atoms with Crippen LogP contribution >= 0.6 is 0 Å². The molecule has 0 aromatic heterocycles. The van der Waals surface area contributed by atoms with Gasteiger partial charge >= 0.3 is 0 Å². The molecule has 3 atom stereocenters. The molecule has 0 spiro atoms. The van der Waals surface area contributed by atoms with E-state index < -0.39 is 0 Å². The van der Waals surface area contributed by atoms with Gasteiger partial charge in [0.05, 0.1) is 5.69 Å². The number of phenols is 1. The molecule has 2 fully saturated rings. The van der Waals surface area contributed by atoms with Crippen LogP contribution in [0.2, 0.25) is 0 Å². The molecule has 1 aromatic rings. The Bertz CT molecular complexity index is 458. The SMILES string of the molecule is O=C(CC1CC2CCC1C2)Nc1ccccc1O. The van der Waals surface area contributed by atoms with Crippen LogP contribution in [0.25, 0.3) is 0 Å². The van der Waals surface area contributed by atoms with E-state index in [-0.39, 0.29) is 11.7 Å². The van der Waals surface area contributed by atoms with Crippen molar-refractivity contribution in [2.45, 2.75) is 32.1 Å². The molecule has 2 aliphatic rings. The Hall–Kier alpha value is -1.51. The smallest absolute Gasteiger partial charge is 0.224 e. The van der Waals surface area contributed by atoms with E-state index in [0.29, 0.717) is 18.0 Å². The Morgan fingerprint density at radius 3 is 2.78 bits per heavy atom. The van der Waals surface area contributed by atoms with Crippen molar-refractivity contribution < 1.29 is 9.90 Å². The van der Waals surface area contributed by atoms with Gasteiger partial charge in [0, 0.05) is 6.42 Å². The van der Waals surface area contributed by atoms with Crippen LogP contribution in [0.3, 0.4) is 0 Å². The lowest BCUT2D eigenvalue weighted by molar-refractivity contribution is -0.117. The predicted molar refractivity (Wildman–Crippen MR) is 70.3 cm³/mol. The van der Waals surface area contributed by atoms with Crippen LogP contribution in [-0.4, -0.2) is 11.0 Å². The highest BCUT2D eigenvalue weighted by Crippen LogP contribution is 2.49. The van der Waals surface area contributed by atoms with Gasteiger partial charge in [-0.15, -0.1) is 0 Å². The molecule has 0 radical (unpaired) electrons. The summed E-state index contributed by atoms with van der Waals surface area (Å²) in [7, 11) is 0. The van der Waals surface area contributed by atoms with Crippen LogP contribution in [0.4, 0.5) is 5.69 Å². The van der Waals surface area contributed by atoms with Gasteiger partial charge < -0.3 is 10.4 Å². The van der Waals surface area contributed by atoms with Gasteiger partial charge in [-0.25, -0.2) is 0 Å². The average molecular weight is 245 g/mol. The number of hydrogen-bond donors (Lipinski definition) is 2. The Balaban J connectivity index is 1.58. The zero-order chi connectivity index (χ0) is 12.5. The van der Waals surface area contributed by atoms with Crippen molar-refractivity contribution in [2.75, 3.05) is 5.32 Å². The summed E-state index contributed by atoms with van der Waals surface area (Å²) < 4.78 is 0. The Morgan fingerprint density at radius 2 is 2.11 bits per heavy atom. The Labute approximate surface area is 107 Å². The summed E-state index contributed by atoms with van der Waals surface area (Å²) in [6.07, 6.45) is 5.82. The number of hydrogen-bond acceptors (Lipinski definition) is 2. The number of nitrogens with one attached hydrogen (secondary N) is 1. The first kappa shape index (κ1) is 11.6. The number of phenolic OH excluding ortho intramolecular Hbond substituents is 1. The van der Waals surface area contributed by atoms with Crippen LogP contribution in [-0.2, 0) is 4.79 Å². The second kappa shape index (κ2) is 4.63. The van der Waals surface area contributed by atoms with Crippen LogP contribution in [0.5, 0.6) is 5.75 Å². The standard InChI is InChI=1S/C15H19NO2/c17-14-4-2-1-3-13(14)16-15(18)9-12-8-10-5-6-11(12)7-10/h1-4,10-12,17H,5-9H2,(H,16,18). The highest BCUT2D eigenvalue weighted by atomic mass is 16.3. The minimum Gasteiger partial charge on any atom is -0.506 e. The number of rotatable bonds is 3. The van der Waals surface area contributed by atoms with Crippen LogP contribution in [0.15, 0.2) is 24.3 Å². The van der Waals surface area contributed by atoms with Gasteiger partial charge in [-0.3, -0.25) is 4.79 Å². The highest BCUT2D eigenvalue weighted by molar-refractivity contribution is 5.92. The first-order valence-corrected chi connectivity index (χ1v) is 6.80. The molecule has 96 valence electrons. The topological polar surface area (TPSA) is 49.3 Å². The van der Waals surface area contributed by atoms with Crippen molar-refractivity contribution in [1.29, 1.82) is 0 Å². The maximum absolute atomic E-state index is 12.0. The van der Waals surface area contributed by atoms with E-state index >= 15 is 0 Å². The summed E-state index contributed by atoms with van der Waals surface area (Å²) in [4.78, 5) is 12.0. The zero-order valence-electron chi connectivity index (χ0n) is 10.4. The van der Waals surface area contributed by atoms with Crippen molar-refractivity contribution in [2.24, 2.45) is 17.8 Å². The number of para-hydroxylation sites is 2. The molecule has 3 unspecified atom stereocenters. The van der Waals surface area contributed by atoms with Crippen molar-refractivity contribution in [3.63, 3.8) is 0 Å². The first-order valence-electron chi connectivity index (χ1n) is 6.80. The summed E-state index contributed by atoms with van der Waals surface area (Å²) in [5, 5.41) is 12.4. The first-order chi connectivity index (χ1) is 8.72. The van der Waals surface area contributed by atoms with Crippen LogP contribution in [0.1, 0.15) is 32.1 Å². The summed E-state index contributed by atoms with van der Waals surface area (Å²) in [6.45, 7) is 0. The molecule has 3 heteroatoms. The molecular weight excluding hydrogens is 226 g/mol. The quantitative estimate of drug-likeness (QED) is 0.804. The Kier molecular flexibility index (Phi) is 2.98. The maximum Gasteiger partial charge on any atom is 0.224 e. The number of anilines is 1. The van der Waals surface area contributed by atoms with E-state index in [2.05, 4.69) is 5.32 Å². The lowest BCUT2D eigenvalue weighted by atomic mass is 9.86. The third-order valence-electron chi connectivity index (χ3n) is 4.51. The second-order valence-corrected chi connectivity index (χ2v) is 5.70. The lowest BCUT2D eigenvalue weighted by Gasteiger charge is -2.21. The fraction of sp³-hybridized carbons (Fsp3) is 0.533. The molecule has 0 aliphatic heterocycles. The third-order valence-corrected chi connectivity index (χ3v) is 4.51. The summed E-state index contributed by atoms with van der Waals surface area (Å²) >= 11 is 0. The fourth-order valence-electron chi connectivity index (χ4n) is 3.65. The van der Waals surface area contributed by atoms with E-state index in [9.17, 15) is 9.90 Å². The third kappa shape index (κ3) is 2.22. The molecule has 2 bridgehead atoms. The van der Waals surface area contributed by atoms with Gasteiger partial charge in [0.15, 0.2) is 0 Å². The highest BCUT2D eigenvalue weighted by Gasteiger charge is 2.40. The predicted octanol–water partition coefficient (Wildman–Crippen LogP) is 3.16. The molecule has 18 heavy (non-hydrogen) atoms. The molecule has 0 saturated heterocycles. The normalized spacial score (nSPS) is 29.4. The van der Waals surface area contributed by atoms with Gasteiger partial charge in [-0.1, -0.05) is 18.6 Å². The van der Waals surface area contributed by atoms with E-state index in [1.54, 1.807) is 18.2 Å². The van der Waals surface area contributed by atoms with Crippen LogP contribution in [0, 0.1) is 17.8 Å². The Morgan fingerprint density at radius 1 is 1.28 bits per heavy atom. The minimum absolute atomic E-state index is 0.0362. The average Bonchev–Trinajstić information content (AvgIpc) is 2.94. The van der Waals surface area contributed by atoms with Gasteiger partial charge in [0.25, 0.3) is 0 Å². The minimum atomic E-state index is 0.0362. The molecule has 3 rings (SSSR count). The maximum atomic E-state index is 12.0. The van der Waals surface area contributed by atoms with Gasteiger partial charge in [0.2, 0.25) is 5.91 Å². The number of amides is 1. The zero-order valence-corrected chi connectivity index (χ0v) is 10.4. The van der Waals surface area contributed by atoms with Crippen molar-refractivity contribution in [3.8, 4) is 5.75 Å². The summed E-state index contributed by atoms with van der Waals surface area (Å²) in [5.41, 5.74) is 0.519. The number of carbonyl (C=O) groups excluding carboxylic acids is 1. The molecule has 2 saturated carbocycles. The molecule has 1 aromatic carbocycles. The van der Waals surface area contributed by atoms with Gasteiger partial charge in [0.1, 0.15) is 5.75 Å². The van der Waals surface area contributed by atoms with E-state index in [1.807, 2.05) is 6.07 Å². The lowest BCUT2D eigenvalue weighted by Crippen LogP contribution is -2.20. The van der Waals surface area contributed by atoms with E-state index in [4.69, 9.17) is 0 Å². The van der Waals surface area contributed by atoms with Crippen molar-refractivity contribution >= 4 is 11.6 Å². The molecule has 0 heterocycles. The monoisotopic (exact) mass is 245 g/mol. The van der Waals surface area contributed by atoms with Gasteiger partial charge in [-0.05, 0) is 49.1 Å².